The lowest BCUT2D eigenvalue weighted by molar-refractivity contribution is -0.132. The predicted molar refractivity (Wildman–Crippen MR) is 100.0 cm³/mol. The van der Waals surface area contributed by atoms with E-state index >= 15 is 0 Å². The molecule has 2 aromatic rings. The Hall–Kier alpha value is -3.03. The smallest absolute Gasteiger partial charge is 0.246 e. The number of ketones is 1. The van der Waals surface area contributed by atoms with E-state index in [1.54, 1.807) is 30.5 Å². The van der Waals surface area contributed by atoms with Crippen molar-refractivity contribution in [2.24, 2.45) is 0 Å². The number of aromatic nitrogens is 1. The van der Waals surface area contributed by atoms with E-state index in [9.17, 15) is 19.1 Å². The van der Waals surface area contributed by atoms with Gasteiger partial charge in [-0.05, 0) is 18.2 Å². The monoisotopic (exact) mass is 399 g/mol. The number of aliphatic hydroxyl groups is 1. The summed E-state index contributed by atoms with van der Waals surface area (Å²) in [6, 6.07) is 9.65. The van der Waals surface area contributed by atoms with Crippen molar-refractivity contribution in [3.8, 4) is 0 Å². The first-order valence-electron chi connectivity index (χ1n) is 8.52. The number of nitrogens with zero attached hydrogens (tertiary/aromatic N) is 3. The van der Waals surface area contributed by atoms with Crippen LogP contribution >= 0.6 is 11.6 Å². The third kappa shape index (κ3) is 3.19. The maximum absolute atomic E-state index is 14.2. The average Bonchev–Trinajstić information content (AvgIpc) is 2.70. The topological polar surface area (TPSA) is 73.7 Å². The van der Waals surface area contributed by atoms with Gasteiger partial charge in [-0.3, -0.25) is 14.6 Å². The van der Waals surface area contributed by atoms with Crippen LogP contribution in [0.3, 0.4) is 0 Å². The first-order valence-corrected chi connectivity index (χ1v) is 8.89. The van der Waals surface area contributed by atoms with E-state index < -0.39 is 17.7 Å². The Morgan fingerprint density at radius 1 is 1.18 bits per heavy atom. The molecule has 2 aliphatic rings. The molecule has 0 saturated heterocycles. The standard InChI is InChI=1S/C20H15ClFN3O3/c21-14-5-3-4-12(18(14)22)8-25-10-16-20(28)19(27)13(9-24(16)11-17(25)26)15-6-1-2-7-23-15/h1-7,9-10,20,28H,8,11H2. The second-order valence-electron chi connectivity index (χ2n) is 6.44. The average molecular weight is 400 g/mol. The maximum Gasteiger partial charge on any atom is 0.246 e. The molecule has 4 rings (SSSR count). The van der Waals surface area contributed by atoms with Gasteiger partial charge in [-0.2, -0.15) is 0 Å². The van der Waals surface area contributed by atoms with Crippen molar-refractivity contribution in [3.05, 3.63) is 82.8 Å². The fourth-order valence-electron chi connectivity index (χ4n) is 3.18. The van der Waals surface area contributed by atoms with Crippen LogP contribution in [0.4, 0.5) is 4.39 Å². The van der Waals surface area contributed by atoms with E-state index in [0.29, 0.717) is 5.69 Å². The van der Waals surface area contributed by atoms with E-state index in [0.717, 1.165) is 0 Å². The fraction of sp³-hybridized carbons (Fsp3) is 0.150. The summed E-state index contributed by atoms with van der Waals surface area (Å²) in [5.41, 5.74) is 1.15. The summed E-state index contributed by atoms with van der Waals surface area (Å²) < 4.78 is 14.2. The molecule has 1 unspecified atom stereocenters. The molecule has 1 atom stereocenters. The summed E-state index contributed by atoms with van der Waals surface area (Å²) >= 11 is 5.79. The molecule has 142 valence electrons. The van der Waals surface area contributed by atoms with Gasteiger partial charge >= 0.3 is 0 Å². The first-order chi connectivity index (χ1) is 13.5. The summed E-state index contributed by atoms with van der Waals surface area (Å²) in [7, 11) is 0. The zero-order valence-corrected chi connectivity index (χ0v) is 15.3. The molecule has 2 aliphatic heterocycles. The summed E-state index contributed by atoms with van der Waals surface area (Å²) in [5, 5.41) is 10.5. The van der Waals surface area contributed by atoms with Gasteiger partial charge in [0.15, 0.2) is 6.10 Å². The number of hydrogen-bond donors (Lipinski definition) is 1. The van der Waals surface area contributed by atoms with E-state index in [1.165, 1.54) is 34.3 Å². The molecule has 0 aliphatic carbocycles. The number of Topliss-reactive ketones (excluding diaryl/α,β-unsaturated/α-hetero) is 1. The van der Waals surface area contributed by atoms with Gasteiger partial charge in [-0.25, -0.2) is 4.39 Å². The Labute approximate surface area is 165 Å². The minimum Gasteiger partial charge on any atom is -0.379 e. The minimum absolute atomic E-state index is 0.0351. The lowest BCUT2D eigenvalue weighted by atomic mass is 9.96. The maximum atomic E-state index is 14.2. The molecule has 1 aromatic carbocycles. The largest absolute Gasteiger partial charge is 0.379 e. The van der Waals surface area contributed by atoms with Gasteiger partial charge in [0.25, 0.3) is 0 Å². The molecule has 1 aromatic heterocycles. The van der Waals surface area contributed by atoms with Crippen molar-refractivity contribution < 1.29 is 19.1 Å². The highest BCUT2D eigenvalue weighted by Crippen LogP contribution is 2.30. The van der Waals surface area contributed by atoms with Crippen molar-refractivity contribution in [1.82, 2.24) is 14.8 Å². The van der Waals surface area contributed by atoms with Crippen molar-refractivity contribution in [3.63, 3.8) is 0 Å². The number of halogens is 2. The molecule has 0 radical (unpaired) electrons. The second-order valence-corrected chi connectivity index (χ2v) is 6.85. The van der Waals surface area contributed by atoms with Crippen LogP contribution in [-0.4, -0.2) is 44.2 Å². The molecule has 0 bridgehead atoms. The molecule has 3 heterocycles. The summed E-state index contributed by atoms with van der Waals surface area (Å²) in [4.78, 5) is 32.1. The Morgan fingerprint density at radius 3 is 2.75 bits per heavy atom. The number of carbonyl (C=O) groups is 2. The predicted octanol–water partition coefficient (Wildman–Crippen LogP) is 2.34. The lowest BCUT2D eigenvalue weighted by Crippen LogP contribution is -2.47. The highest BCUT2D eigenvalue weighted by atomic mass is 35.5. The lowest BCUT2D eigenvalue weighted by Gasteiger charge is -2.37. The van der Waals surface area contributed by atoms with Crippen LogP contribution in [0.2, 0.25) is 5.02 Å². The van der Waals surface area contributed by atoms with Crippen LogP contribution in [0.1, 0.15) is 11.3 Å². The molecule has 6 nitrogen and oxygen atoms in total. The van der Waals surface area contributed by atoms with Gasteiger partial charge in [0.2, 0.25) is 11.7 Å². The van der Waals surface area contributed by atoms with E-state index in [-0.39, 0.29) is 40.9 Å². The molecule has 8 heteroatoms. The number of amides is 1. The van der Waals surface area contributed by atoms with Crippen molar-refractivity contribution >= 4 is 28.9 Å². The van der Waals surface area contributed by atoms with Crippen LogP contribution in [-0.2, 0) is 16.1 Å². The summed E-state index contributed by atoms with van der Waals surface area (Å²) in [6.45, 7) is -0.144. The number of pyridine rings is 1. The molecular weight excluding hydrogens is 385 g/mol. The highest BCUT2D eigenvalue weighted by molar-refractivity contribution is 6.30. The zero-order chi connectivity index (χ0) is 19.8. The minimum atomic E-state index is -1.44. The Kier molecular flexibility index (Phi) is 4.70. The van der Waals surface area contributed by atoms with Crippen molar-refractivity contribution in [1.29, 1.82) is 0 Å². The Bertz CT molecular complexity index is 1020. The molecular formula is C20H15ClFN3O3. The van der Waals surface area contributed by atoms with E-state index in [4.69, 9.17) is 11.6 Å². The number of aliphatic hydroxyl groups excluding tert-OH is 1. The van der Waals surface area contributed by atoms with Gasteiger partial charge in [-0.1, -0.05) is 29.8 Å². The van der Waals surface area contributed by atoms with Crippen molar-refractivity contribution in [2.75, 3.05) is 6.54 Å². The number of carbonyl (C=O) groups excluding carboxylic acids is 2. The highest BCUT2D eigenvalue weighted by Gasteiger charge is 2.37. The molecule has 28 heavy (non-hydrogen) atoms. The SMILES string of the molecule is O=C1C(c2ccccn2)=CN2CC(=O)N(Cc3cccc(Cl)c3F)C=C2C1O. The number of hydrogen-bond acceptors (Lipinski definition) is 5. The molecule has 0 saturated carbocycles. The van der Waals surface area contributed by atoms with Crippen molar-refractivity contribution in [2.45, 2.75) is 12.6 Å². The van der Waals surface area contributed by atoms with Crippen LogP contribution in [0.25, 0.3) is 5.57 Å². The first kappa shape index (κ1) is 18.3. The Balaban J connectivity index is 1.67. The molecule has 0 spiro atoms. The van der Waals surface area contributed by atoms with E-state index in [2.05, 4.69) is 4.98 Å². The molecule has 1 N–H and O–H groups in total. The molecule has 0 fully saturated rings. The van der Waals surface area contributed by atoms with Gasteiger partial charge in [0.05, 0.1) is 28.5 Å². The van der Waals surface area contributed by atoms with Crippen LogP contribution in [0.5, 0.6) is 0 Å². The van der Waals surface area contributed by atoms with E-state index in [1.807, 2.05) is 0 Å². The van der Waals surface area contributed by atoms with Crippen LogP contribution in [0, 0.1) is 5.82 Å². The van der Waals surface area contributed by atoms with Gasteiger partial charge < -0.3 is 14.9 Å². The number of benzene rings is 1. The number of rotatable bonds is 3. The number of fused-ring (bicyclic) bond motifs is 1. The zero-order valence-electron chi connectivity index (χ0n) is 14.5. The van der Waals surface area contributed by atoms with Crippen LogP contribution < -0.4 is 0 Å². The van der Waals surface area contributed by atoms with Gasteiger partial charge in [-0.15, -0.1) is 0 Å². The fourth-order valence-corrected chi connectivity index (χ4v) is 3.38. The Morgan fingerprint density at radius 2 is 2.00 bits per heavy atom. The molecule has 1 amide bonds. The normalized spacial score (nSPS) is 19.3. The quantitative estimate of drug-likeness (QED) is 0.857. The van der Waals surface area contributed by atoms with Crippen LogP contribution in [0.15, 0.2) is 60.7 Å². The van der Waals surface area contributed by atoms with Gasteiger partial charge in [0, 0.05) is 24.2 Å². The third-order valence-electron chi connectivity index (χ3n) is 4.64. The van der Waals surface area contributed by atoms with Gasteiger partial charge in [0.1, 0.15) is 12.4 Å². The summed E-state index contributed by atoms with van der Waals surface area (Å²) in [5.74, 6) is -1.42. The summed E-state index contributed by atoms with van der Waals surface area (Å²) in [6.07, 6.45) is 2.99. The third-order valence-corrected chi connectivity index (χ3v) is 4.93. The second kappa shape index (κ2) is 7.18.